The van der Waals surface area contributed by atoms with Crippen LogP contribution in [-0.4, -0.2) is 25.7 Å². The van der Waals surface area contributed by atoms with Crippen LogP contribution in [0.5, 0.6) is 0 Å². The van der Waals surface area contributed by atoms with Gasteiger partial charge in [0.05, 0.1) is 12.7 Å². The molecular weight excluding hydrogens is 271 g/mol. The van der Waals surface area contributed by atoms with Crippen LogP contribution in [0.3, 0.4) is 0 Å². The minimum atomic E-state index is -4.30. The minimum absolute atomic E-state index is 0.232. The third kappa shape index (κ3) is 3.50. The van der Waals surface area contributed by atoms with E-state index in [9.17, 15) is 18.0 Å². The first-order valence-corrected chi connectivity index (χ1v) is 6.37. The molecule has 3 nitrogen and oxygen atoms in total. The van der Waals surface area contributed by atoms with Crippen molar-refractivity contribution >= 4 is 5.97 Å². The number of rotatable bonds is 3. The predicted molar refractivity (Wildman–Crippen MR) is 67.1 cm³/mol. The van der Waals surface area contributed by atoms with Crippen molar-refractivity contribution in [2.75, 3.05) is 13.7 Å². The van der Waals surface area contributed by atoms with Gasteiger partial charge >= 0.3 is 12.1 Å². The Kier molecular flexibility index (Phi) is 4.32. The molecule has 20 heavy (non-hydrogen) atoms. The highest BCUT2D eigenvalue weighted by molar-refractivity contribution is 5.76. The summed E-state index contributed by atoms with van der Waals surface area (Å²) in [5, 5.41) is 3.06. The summed E-state index contributed by atoms with van der Waals surface area (Å²) in [5.41, 5.74) is 0.202. The number of ether oxygens (including phenoxy) is 1. The summed E-state index contributed by atoms with van der Waals surface area (Å²) in [7, 11) is 1.34. The van der Waals surface area contributed by atoms with Crippen molar-refractivity contribution < 1.29 is 22.7 Å². The Morgan fingerprint density at radius 1 is 1.35 bits per heavy atom. The van der Waals surface area contributed by atoms with Gasteiger partial charge in [-0.1, -0.05) is 12.1 Å². The normalized spacial score (nSPS) is 22.8. The van der Waals surface area contributed by atoms with Crippen LogP contribution in [0.4, 0.5) is 13.2 Å². The first-order chi connectivity index (χ1) is 9.40. The van der Waals surface area contributed by atoms with E-state index >= 15 is 0 Å². The monoisotopic (exact) mass is 287 g/mol. The van der Waals surface area contributed by atoms with E-state index in [1.165, 1.54) is 19.2 Å². The maximum atomic E-state index is 12.4. The summed E-state index contributed by atoms with van der Waals surface area (Å²) in [6, 6.07) is 4.87. The molecule has 2 atom stereocenters. The molecule has 1 saturated heterocycles. The van der Waals surface area contributed by atoms with E-state index < -0.39 is 11.7 Å². The molecule has 1 N–H and O–H groups in total. The lowest BCUT2D eigenvalue weighted by Gasteiger charge is -2.11. The number of halogens is 3. The average Bonchev–Trinajstić information content (AvgIpc) is 2.86. The van der Waals surface area contributed by atoms with Crippen molar-refractivity contribution in [3.8, 4) is 0 Å². The number of hydrogen-bond acceptors (Lipinski definition) is 3. The first-order valence-electron chi connectivity index (χ1n) is 6.37. The van der Waals surface area contributed by atoms with Crippen LogP contribution in [0.25, 0.3) is 0 Å². The van der Waals surface area contributed by atoms with Gasteiger partial charge in [-0.15, -0.1) is 0 Å². The highest BCUT2D eigenvalue weighted by Gasteiger charge is 2.31. The molecule has 1 aliphatic rings. The smallest absolute Gasteiger partial charge is 0.416 e. The molecule has 1 aromatic rings. The van der Waals surface area contributed by atoms with Gasteiger partial charge in [0, 0.05) is 0 Å². The van der Waals surface area contributed by atoms with E-state index in [-0.39, 0.29) is 17.9 Å². The third-order valence-electron chi connectivity index (χ3n) is 3.51. The van der Waals surface area contributed by atoms with Crippen LogP contribution in [0.2, 0.25) is 0 Å². The molecule has 1 aromatic carbocycles. The largest absolute Gasteiger partial charge is 0.468 e. The van der Waals surface area contributed by atoms with Gasteiger partial charge in [-0.05, 0) is 43.0 Å². The van der Waals surface area contributed by atoms with E-state index in [0.29, 0.717) is 19.4 Å². The van der Waals surface area contributed by atoms with Crippen molar-refractivity contribution in [3.05, 3.63) is 35.4 Å². The van der Waals surface area contributed by atoms with Crippen LogP contribution in [-0.2, 0) is 22.1 Å². The highest BCUT2D eigenvalue weighted by atomic mass is 19.4. The lowest BCUT2D eigenvalue weighted by atomic mass is 9.96. The summed E-state index contributed by atoms with van der Waals surface area (Å²) in [6.45, 7) is 0.667. The molecule has 2 rings (SSSR count). The Balaban J connectivity index is 1.93. The fourth-order valence-corrected chi connectivity index (χ4v) is 2.45. The fourth-order valence-electron chi connectivity index (χ4n) is 2.45. The number of esters is 1. The van der Waals surface area contributed by atoms with Crippen molar-refractivity contribution in [2.45, 2.75) is 25.1 Å². The van der Waals surface area contributed by atoms with Crippen molar-refractivity contribution in [3.63, 3.8) is 0 Å². The van der Waals surface area contributed by atoms with E-state index in [0.717, 1.165) is 17.7 Å². The number of carbonyl (C=O) groups excluding carboxylic acids is 1. The molecule has 6 heteroatoms. The molecule has 1 unspecified atom stereocenters. The molecule has 0 saturated carbocycles. The van der Waals surface area contributed by atoms with Crippen molar-refractivity contribution in [2.24, 2.45) is 5.92 Å². The zero-order chi connectivity index (χ0) is 14.8. The van der Waals surface area contributed by atoms with Crippen LogP contribution < -0.4 is 5.32 Å². The van der Waals surface area contributed by atoms with E-state index in [4.69, 9.17) is 0 Å². The molecule has 0 spiro atoms. The maximum absolute atomic E-state index is 12.4. The van der Waals surface area contributed by atoms with E-state index in [1.54, 1.807) is 0 Å². The van der Waals surface area contributed by atoms with Gasteiger partial charge in [-0.3, -0.25) is 4.79 Å². The Morgan fingerprint density at radius 2 is 2.00 bits per heavy atom. The van der Waals surface area contributed by atoms with Crippen LogP contribution in [0, 0.1) is 5.92 Å². The fraction of sp³-hybridized carbons (Fsp3) is 0.500. The molecule has 0 aliphatic carbocycles. The molecule has 0 amide bonds. The SMILES string of the molecule is COC(=O)[C@@H]1CC(Cc2ccc(C(F)(F)F)cc2)CN1. The van der Waals surface area contributed by atoms with Crippen molar-refractivity contribution in [1.29, 1.82) is 0 Å². The van der Waals surface area contributed by atoms with Gasteiger partial charge in [0.15, 0.2) is 0 Å². The second-order valence-electron chi connectivity index (χ2n) is 4.98. The lowest BCUT2D eigenvalue weighted by Crippen LogP contribution is -2.31. The number of hydrogen-bond donors (Lipinski definition) is 1. The average molecular weight is 287 g/mol. The lowest BCUT2D eigenvalue weighted by molar-refractivity contribution is -0.142. The standard InChI is InChI=1S/C14H16F3NO2/c1-20-13(19)12-7-10(8-18-12)6-9-2-4-11(5-3-9)14(15,16)17/h2-5,10,12,18H,6-8H2,1H3/t10?,12-/m0/s1. The summed E-state index contributed by atoms with van der Waals surface area (Å²) >= 11 is 0. The van der Waals surface area contributed by atoms with E-state index in [2.05, 4.69) is 10.1 Å². The summed E-state index contributed by atoms with van der Waals surface area (Å²) in [5.74, 6) is -0.0595. The molecule has 110 valence electrons. The first kappa shape index (κ1) is 14.8. The molecule has 1 heterocycles. The summed E-state index contributed by atoms with van der Waals surface area (Å²) in [6.07, 6.45) is -3.00. The molecule has 1 aliphatic heterocycles. The molecular formula is C14H16F3NO2. The van der Waals surface area contributed by atoms with Gasteiger partial charge < -0.3 is 10.1 Å². The second kappa shape index (κ2) is 5.83. The number of methoxy groups -OCH3 is 1. The molecule has 0 aromatic heterocycles. The van der Waals surface area contributed by atoms with Crippen LogP contribution in [0.1, 0.15) is 17.5 Å². The van der Waals surface area contributed by atoms with Crippen LogP contribution in [0.15, 0.2) is 24.3 Å². The quantitative estimate of drug-likeness (QED) is 0.868. The Hall–Kier alpha value is -1.56. The van der Waals surface area contributed by atoms with Crippen molar-refractivity contribution in [1.82, 2.24) is 5.32 Å². The van der Waals surface area contributed by atoms with Gasteiger partial charge in [0.25, 0.3) is 0 Å². The van der Waals surface area contributed by atoms with Crippen LogP contribution >= 0.6 is 0 Å². The Labute approximate surface area is 115 Å². The minimum Gasteiger partial charge on any atom is -0.468 e. The predicted octanol–water partition coefficient (Wildman–Crippen LogP) is 2.40. The zero-order valence-corrected chi connectivity index (χ0v) is 11.0. The molecule has 0 bridgehead atoms. The van der Waals surface area contributed by atoms with E-state index in [1.807, 2.05) is 0 Å². The highest BCUT2D eigenvalue weighted by Crippen LogP contribution is 2.29. The zero-order valence-electron chi connectivity index (χ0n) is 11.0. The molecule has 1 fully saturated rings. The van der Waals surface area contributed by atoms with Gasteiger partial charge in [-0.2, -0.15) is 13.2 Å². The van der Waals surface area contributed by atoms with Gasteiger partial charge in [0.2, 0.25) is 0 Å². The van der Waals surface area contributed by atoms with Gasteiger partial charge in [-0.25, -0.2) is 0 Å². The number of nitrogens with one attached hydrogen (secondary N) is 1. The number of benzene rings is 1. The topological polar surface area (TPSA) is 38.3 Å². The third-order valence-corrected chi connectivity index (χ3v) is 3.51. The number of alkyl halides is 3. The Morgan fingerprint density at radius 3 is 2.55 bits per heavy atom. The second-order valence-corrected chi connectivity index (χ2v) is 4.98. The molecule has 0 radical (unpaired) electrons. The maximum Gasteiger partial charge on any atom is 0.416 e. The Bertz CT molecular complexity index is 470. The summed E-state index contributed by atoms with van der Waals surface area (Å²) in [4.78, 5) is 11.4. The van der Waals surface area contributed by atoms with Gasteiger partial charge in [0.1, 0.15) is 6.04 Å². The number of carbonyl (C=O) groups is 1. The summed E-state index contributed by atoms with van der Waals surface area (Å²) < 4.78 is 42.0.